The molecular formula is C12H20N4O. The summed E-state index contributed by atoms with van der Waals surface area (Å²) in [5, 5.41) is 9.52. The largest absolute Gasteiger partial charge is 0.393 e. The highest BCUT2D eigenvalue weighted by atomic mass is 16.3. The molecule has 0 bridgehead atoms. The van der Waals surface area contributed by atoms with Gasteiger partial charge in [0.25, 0.3) is 0 Å². The Bertz CT molecular complexity index is 375. The highest BCUT2D eigenvalue weighted by molar-refractivity contribution is 5.56. The van der Waals surface area contributed by atoms with Crippen LogP contribution in [-0.2, 0) is 6.42 Å². The Morgan fingerprint density at radius 2 is 2.12 bits per heavy atom. The monoisotopic (exact) mass is 236 g/mol. The van der Waals surface area contributed by atoms with E-state index in [-0.39, 0.29) is 6.10 Å². The summed E-state index contributed by atoms with van der Waals surface area (Å²) < 4.78 is 0. The summed E-state index contributed by atoms with van der Waals surface area (Å²) in [5.41, 5.74) is 6.96. The van der Waals surface area contributed by atoms with Gasteiger partial charge in [0.1, 0.15) is 18.0 Å². The third-order valence-electron chi connectivity index (χ3n) is 3.22. The van der Waals surface area contributed by atoms with Crippen LogP contribution in [0.4, 0.5) is 11.6 Å². The van der Waals surface area contributed by atoms with Crippen molar-refractivity contribution in [1.82, 2.24) is 9.97 Å². The molecule has 0 aliphatic carbocycles. The second-order valence-electron chi connectivity index (χ2n) is 4.53. The molecule has 1 aliphatic heterocycles. The molecule has 0 unspecified atom stereocenters. The second kappa shape index (κ2) is 5.31. The molecule has 0 radical (unpaired) electrons. The maximum Gasteiger partial charge on any atom is 0.137 e. The van der Waals surface area contributed by atoms with Crippen LogP contribution in [0.15, 0.2) is 6.33 Å². The zero-order chi connectivity index (χ0) is 12.3. The summed E-state index contributed by atoms with van der Waals surface area (Å²) in [5.74, 6) is 1.54. The van der Waals surface area contributed by atoms with Gasteiger partial charge in [-0.05, 0) is 19.3 Å². The molecule has 0 saturated carbocycles. The first-order valence-corrected chi connectivity index (χ1v) is 6.24. The summed E-state index contributed by atoms with van der Waals surface area (Å²) >= 11 is 0. The summed E-state index contributed by atoms with van der Waals surface area (Å²) in [4.78, 5) is 10.6. The van der Waals surface area contributed by atoms with Gasteiger partial charge in [-0.2, -0.15) is 0 Å². The molecule has 1 fully saturated rings. The van der Waals surface area contributed by atoms with Crippen LogP contribution in [0.1, 0.15) is 31.7 Å². The Balaban J connectivity index is 2.22. The molecule has 1 aromatic heterocycles. The van der Waals surface area contributed by atoms with E-state index in [1.165, 1.54) is 6.33 Å². The van der Waals surface area contributed by atoms with Crippen LogP contribution in [0.2, 0.25) is 0 Å². The summed E-state index contributed by atoms with van der Waals surface area (Å²) in [6, 6.07) is 0. The van der Waals surface area contributed by atoms with Gasteiger partial charge < -0.3 is 15.7 Å². The molecule has 5 nitrogen and oxygen atoms in total. The first kappa shape index (κ1) is 12.1. The zero-order valence-corrected chi connectivity index (χ0v) is 10.3. The summed E-state index contributed by atoms with van der Waals surface area (Å²) in [6.45, 7) is 3.80. The predicted octanol–water partition coefficient (Wildman–Crippen LogP) is 0.972. The Morgan fingerprint density at radius 1 is 1.41 bits per heavy atom. The Labute approximate surface area is 102 Å². The van der Waals surface area contributed by atoms with Crippen molar-refractivity contribution in [2.75, 3.05) is 23.7 Å². The molecular weight excluding hydrogens is 216 g/mol. The number of nitrogens with two attached hydrogens (primary N) is 1. The van der Waals surface area contributed by atoms with Crippen molar-refractivity contribution in [3.8, 4) is 0 Å². The number of rotatable bonds is 3. The van der Waals surface area contributed by atoms with Crippen molar-refractivity contribution in [3.63, 3.8) is 0 Å². The van der Waals surface area contributed by atoms with Crippen molar-refractivity contribution in [2.45, 2.75) is 38.7 Å². The van der Waals surface area contributed by atoms with E-state index < -0.39 is 0 Å². The number of nitrogens with zero attached hydrogens (tertiary/aromatic N) is 3. The van der Waals surface area contributed by atoms with Gasteiger partial charge >= 0.3 is 0 Å². The third kappa shape index (κ3) is 2.66. The molecule has 2 heterocycles. The Hall–Kier alpha value is -1.36. The molecule has 1 saturated heterocycles. The molecule has 0 atom stereocenters. The molecule has 94 valence electrons. The molecule has 1 aliphatic rings. The fourth-order valence-corrected chi connectivity index (χ4v) is 2.26. The van der Waals surface area contributed by atoms with Gasteiger partial charge in [-0.1, -0.05) is 13.3 Å². The van der Waals surface area contributed by atoms with E-state index in [2.05, 4.69) is 21.8 Å². The molecule has 5 heteroatoms. The van der Waals surface area contributed by atoms with E-state index in [0.717, 1.165) is 50.2 Å². The van der Waals surface area contributed by atoms with E-state index in [1.807, 2.05) is 0 Å². The van der Waals surface area contributed by atoms with Crippen LogP contribution in [0, 0.1) is 0 Å². The Kier molecular flexibility index (Phi) is 3.78. The molecule has 2 rings (SSSR count). The number of aliphatic hydroxyl groups is 1. The minimum atomic E-state index is -0.167. The zero-order valence-electron chi connectivity index (χ0n) is 10.3. The number of anilines is 2. The number of aromatic nitrogens is 2. The maximum absolute atomic E-state index is 9.52. The van der Waals surface area contributed by atoms with Crippen molar-refractivity contribution in [3.05, 3.63) is 11.9 Å². The lowest BCUT2D eigenvalue weighted by molar-refractivity contribution is 0.145. The fourth-order valence-electron chi connectivity index (χ4n) is 2.26. The van der Waals surface area contributed by atoms with E-state index in [1.54, 1.807) is 0 Å². The quantitative estimate of drug-likeness (QED) is 0.818. The predicted molar refractivity (Wildman–Crippen MR) is 67.9 cm³/mol. The van der Waals surface area contributed by atoms with Gasteiger partial charge in [-0.15, -0.1) is 0 Å². The molecule has 0 spiro atoms. The van der Waals surface area contributed by atoms with Crippen LogP contribution in [0.5, 0.6) is 0 Å². The molecule has 3 N–H and O–H groups in total. The lowest BCUT2D eigenvalue weighted by atomic mass is 10.1. The number of hydrogen-bond acceptors (Lipinski definition) is 5. The number of hydrogen-bond donors (Lipinski definition) is 2. The van der Waals surface area contributed by atoms with Crippen molar-refractivity contribution in [2.24, 2.45) is 0 Å². The molecule has 17 heavy (non-hydrogen) atoms. The Morgan fingerprint density at radius 3 is 2.76 bits per heavy atom. The van der Waals surface area contributed by atoms with Crippen LogP contribution < -0.4 is 10.6 Å². The van der Waals surface area contributed by atoms with Gasteiger partial charge in [0.2, 0.25) is 0 Å². The average molecular weight is 236 g/mol. The average Bonchev–Trinajstić information content (AvgIpc) is 2.33. The second-order valence-corrected chi connectivity index (χ2v) is 4.53. The minimum Gasteiger partial charge on any atom is -0.393 e. The van der Waals surface area contributed by atoms with Crippen molar-refractivity contribution in [1.29, 1.82) is 0 Å². The van der Waals surface area contributed by atoms with E-state index >= 15 is 0 Å². The molecule has 0 amide bonds. The molecule has 1 aromatic rings. The normalized spacial score (nSPS) is 17.4. The SMILES string of the molecule is CCCc1c(N)ncnc1N1CCC(O)CC1. The van der Waals surface area contributed by atoms with E-state index in [0.29, 0.717) is 5.82 Å². The fraction of sp³-hybridized carbons (Fsp3) is 0.667. The van der Waals surface area contributed by atoms with Crippen molar-refractivity contribution < 1.29 is 5.11 Å². The van der Waals surface area contributed by atoms with Crippen LogP contribution in [0.3, 0.4) is 0 Å². The first-order valence-electron chi connectivity index (χ1n) is 6.24. The topological polar surface area (TPSA) is 75.3 Å². The highest BCUT2D eigenvalue weighted by Gasteiger charge is 2.21. The maximum atomic E-state index is 9.52. The van der Waals surface area contributed by atoms with Gasteiger partial charge in [0.15, 0.2) is 0 Å². The van der Waals surface area contributed by atoms with Gasteiger partial charge in [-0.3, -0.25) is 0 Å². The number of nitrogen functional groups attached to an aromatic ring is 1. The first-order chi connectivity index (χ1) is 8.22. The number of piperidine rings is 1. The van der Waals surface area contributed by atoms with Gasteiger partial charge in [-0.25, -0.2) is 9.97 Å². The number of aliphatic hydroxyl groups excluding tert-OH is 1. The standard InChI is InChI=1S/C12H20N4O/c1-2-3-10-11(13)14-8-15-12(10)16-6-4-9(17)5-7-16/h8-9,17H,2-7H2,1H3,(H2,13,14,15). The molecule has 0 aromatic carbocycles. The van der Waals surface area contributed by atoms with Crippen LogP contribution in [0.25, 0.3) is 0 Å². The third-order valence-corrected chi connectivity index (χ3v) is 3.22. The van der Waals surface area contributed by atoms with E-state index in [4.69, 9.17) is 5.73 Å². The minimum absolute atomic E-state index is 0.167. The lowest BCUT2D eigenvalue weighted by Gasteiger charge is -2.31. The summed E-state index contributed by atoms with van der Waals surface area (Å²) in [7, 11) is 0. The smallest absolute Gasteiger partial charge is 0.137 e. The van der Waals surface area contributed by atoms with Crippen LogP contribution in [-0.4, -0.2) is 34.3 Å². The lowest BCUT2D eigenvalue weighted by Crippen LogP contribution is -2.37. The van der Waals surface area contributed by atoms with Gasteiger partial charge in [0.05, 0.1) is 6.10 Å². The van der Waals surface area contributed by atoms with E-state index in [9.17, 15) is 5.11 Å². The highest BCUT2D eigenvalue weighted by Crippen LogP contribution is 2.25. The van der Waals surface area contributed by atoms with Crippen molar-refractivity contribution >= 4 is 11.6 Å². The van der Waals surface area contributed by atoms with Gasteiger partial charge in [0, 0.05) is 18.7 Å². The summed E-state index contributed by atoms with van der Waals surface area (Å²) in [6.07, 6.45) is 4.89. The van der Waals surface area contributed by atoms with Crippen LogP contribution >= 0.6 is 0 Å².